The molecule has 0 bridgehead atoms. The molecule has 1 atom stereocenters. The number of H-pyrrole nitrogens is 1. The normalized spacial score (nSPS) is 11.1. The van der Waals surface area contributed by atoms with E-state index in [2.05, 4.69) is 25.6 Å². The third kappa shape index (κ3) is 6.48. The highest BCUT2D eigenvalue weighted by Gasteiger charge is 2.26. The summed E-state index contributed by atoms with van der Waals surface area (Å²) in [7, 11) is 2.79. The standard InChI is InChI=1S/C22H21FN8O3.C2H4O2/c1-33-14-10-15(18(23)16(11-14)34-2)19(27-13-7-5-12(6-8-13)20(24)25)21-28-22(32)31(30-21)17-4-3-9-26-29-17;1-2(3)4/h3-11,19,27H,1-2H3,(H3,24,25)(H,28,30,32);1H3,(H,3,4). The zero-order valence-electron chi connectivity index (χ0n) is 20.6. The van der Waals surface area contributed by atoms with Crippen LogP contribution in [0.3, 0.4) is 0 Å². The first kappa shape index (κ1) is 27.3. The Morgan fingerprint density at radius 1 is 1.21 bits per heavy atom. The van der Waals surface area contributed by atoms with E-state index in [4.69, 9.17) is 30.5 Å². The van der Waals surface area contributed by atoms with E-state index in [1.165, 1.54) is 32.5 Å². The Kier molecular flexibility index (Phi) is 8.71. The number of carboxylic acids is 1. The fourth-order valence-corrected chi connectivity index (χ4v) is 3.31. The number of hydrogen-bond donors (Lipinski definition) is 5. The van der Waals surface area contributed by atoms with Crippen molar-refractivity contribution >= 4 is 17.5 Å². The fraction of sp³-hybridized carbons (Fsp3) is 0.167. The molecule has 0 radical (unpaired) electrons. The maximum atomic E-state index is 15.4. The van der Waals surface area contributed by atoms with Crippen LogP contribution in [0.5, 0.6) is 11.5 Å². The van der Waals surface area contributed by atoms with Gasteiger partial charge in [0.25, 0.3) is 5.97 Å². The second-order valence-corrected chi connectivity index (χ2v) is 7.63. The molecule has 6 N–H and O–H groups in total. The van der Waals surface area contributed by atoms with Gasteiger partial charge in [-0.3, -0.25) is 15.2 Å². The Morgan fingerprint density at radius 2 is 1.89 bits per heavy atom. The predicted octanol–water partition coefficient (Wildman–Crippen LogP) is 2.08. The zero-order chi connectivity index (χ0) is 27.8. The van der Waals surface area contributed by atoms with Gasteiger partial charge in [-0.05, 0) is 42.5 Å². The van der Waals surface area contributed by atoms with E-state index in [1.54, 1.807) is 36.4 Å². The van der Waals surface area contributed by atoms with Gasteiger partial charge in [-0.25, -0.2) is 9.18 Å². The lowest BCUT2D eigenvalue weighted by Crippen LogP contribution is -2.17. The number of hydrogen-bond acceptors (Lipinski definition) is 9. The number of aromatic nitrogens is 5. The van der Waals surface area contributed by atoms with Crippen LogP contribution in [0.25, 0.3) is 5.82 Å². The molecule has 0 aliphatic carbocycles. The maximum absolute atomic E-state index is 15.4. The predicted molar refractivity (Wildman–Crippen MR) is 136 cm³/mol. The topological polar surface area (TPSA) is 194 Å². The van der Waals surface area contributed by atoms with Crippen LogP contribution in [0.4, 0.5) is 10.1 Å². The number of anilines is 1. The summed E-state index contributed by atoms with van der Waals surface area (Å²) in [6, 6.07) is 11.8. The molecule has 38 heavy (non-hydrogen) atoms. The van der Waals surface area contributed by atoms with Crippen molar-refractivity contribution in [1.82, 2.24) is 25.0 Å². The number of carboxylic acid groups (broad SMARTS) is 1. The minimum absolute atomic E-state index is 0.0382. The average molecular weight is 525 g/mol. The van der Waals surface area contributed by atoms with Crippen molar-refractivity contribution < 1.29 is 23.8 Å². The van der Waals surface area contributed by atoms with Crippen LogP contribution in [0.2, 0.25) is 0 Å². The van der Waals surface area contributed by atoms with Crippen molar-refractivity contribution in [2.75, 3.05) is 19.5 Å². The number of nitrogens with two attached hydrogens (primary N) is 1. The molecule has 4 rings (SSSR count). The first-order chi connectivity index (χ1) is 18.1. The molecule has 0 fully saturated rings. The van der Waals surface area contributed by atoms with Crippen LogP contribution in [-0.4, -0.2) is 56.1 Å². The number of amidine groups is 1. The highest BCUT2D eigenvalue weighted by Crippen LogP contribution is 2.34. The summed E-state index contributed by atoms with van der Waals surface area (Å²) < 4.78 is 26.9. The molecule has 2 aromatic heterocycles. The van der Waals surface area contributed by atoms with Crippen LogP contribution in [0.15, 0.2) is 59.5 Å². The molecule has 1 unspecified atom stereocenters. The van der Waals surface area contributed by atoms with Gasteiger partial charge in [0.1, 0.15) is 17.6 Å². The van der Waals surface area contributed by atoms with E-state index in [1.807, 2.05) is 0 Å². The second kappa shape index (κ2) is 12.1. The molecule has 13 nitrogen and oxygen atoms in total. The van der Waals surface area contributed by atoms with Gasteiger partial charge < -0.3 is 25.6 Å². The SMILES string of the molecule is CC(=O)O.COc1cc(OC)c(F)c(C(Nc2ccc(C(=N)N)cc2)c2nn(-c3cccnn3)c(=O)[nH]2)c1. The number of halogens is 1. The number of nitrogens with zero attached hydrogens (tertiary/aromatic N) is 4. The van der Waals surface area contributed by atoms with Crippen molar-refractivity contribution in [2.24, 2.45) is 5.73 Å². The monoisotopic (exact) mass is 524 g/mol. The van der Waals surface area contributed by atoms with E-state index in [0.717, 1.165) is 11.6 Å². The van der Waals surface area contributed by atoms with Crippen molar-refractivity contribution in [1.29, 1.82) is 5.41 Å². The van der Waals surface area contributed by atoms with Gasteiger partial charge in [-0.2, -0.15) is 9.78 Å². The van der Waals surface area contributed by atoms with E-state index < -0.39 is 23.5 Å². The van der Waals surface area contributed by atoms with Gasteiger partial charge in [0, 0.05) is 36.0 Å². The molecular weight excluding hydrogens is 499 g/mol. The Morgan fingerprint density at radius 3 is 2.45 bits per heavy atom. The summed E-state index contributed by atoms with van der Waals surface area (Å²) in [5, 5.41) is 30.1. The van der Waals surface area contributed by atoms with Crippen LogP contribution in [0.1, 0.15) is 29.9 Å². The summed E-state index contributed by atoms with van der Waals surface area (Å²) in [5.74, 6) is -0.954. The molecular formula is C24H25FN8O5. The molecule has 0 saturated heterocycles. The average Bonchev–Trinajstić information content (AvgIpc) is 3.29. The van der Waals surface area contributed by atoms with Crippen LogP contribution in [-0.2, 0) is 4.79 Å². The Hall–Kier alpha value is -5.27. The first-order valence-electron chi connectivity index (χ1n) is 10.9. The molecule has 0 amide bonds. The summed E-state index contributed by atoms with van der Waals surface area (Å²) in [5.41, 5.74) is 6.15. The fourth-order valence-electron chi connectivity index (χ4n) is 3.31. The highest BCUT2D eigenvalue weighted by molar-refractivity contribution is 5.95. The van der Waals surface area contributed by atoms with Gasteiger partial charge in [0.05, 0.1) is 14.2 Å². The van der Waals surface area contributed by atoms with Gasteiger partial charge in [0.2, 0.25) is 0 Å². The van der Waals surface area contributed by atoms with E-state index in [0.29, 0.717) is 17.0 Å². The van der Waals surface area contributed by atoms with Crippen molar-refractivity contribution in [2.45, 2.75) is 13.0 Å². The smallest absolute Gasteiger partial charge is 0.349 e. The van der Waals surface area contributed by atoms with Gasteiger partial charge in [-0.15, -0.1) is 10.2 Å². The molecule has 198 valence electrons. The lowest BCUT2D eigenvalue weighted by molar-refractivity contribution is -0.134. The summed E-state index contributed by atoms with van der Waals surface area (Å²) in [6.07, 6.45) is 1.47. The van der Waals surface area contributed by atoms with E-state index >= 15 is 4.39 Å². The zero-order valence-corrected chi connectivity index (χ0v) is 20.6. The molecule has 2 heterocycles. The van der Waals surface area contributed by atoms with Crippen LogP contribution in [0, 0.1) is 11.2 Å². The minimum Gasteiger partial charge on any atom is -0.497 e. The number of aliphatic carboxylic acids is 1. The number of nitrogen functional groups attached to an aromatic ring is 1. The lowest BCUT2D eigenvalue weighted by atomic mass is 10.0. The Bertz CT molecular complexity index is 1470. The van der Waals surface area contributed by atoms with E-state index in [-0.39, 0.29) is 28.8 Å². The van der Waals surface area contributed by atoms with Crippen LogP contribution < -0.4 is 26.2 Å². The Labute approximate surface area is 215 Å². The number of ether oxygens (including phenoxy) is 2. The van der Waals surface area contributed by atoms with Crippen molar-refractivity contribution in [3.05, 3.63) is 88.0 Å². The molecule has 0 saturated carbocycles. The molecule has 0 aliphatic heterocycles. The number of nitrogens with one attached hydrogen (secondary N) is 3. The second-order valence-electron chi connectivity index (χ2n) is 7.63. The first-order valence-corrected chi connectivity index (χ1v) is 10.9. The molecule has 2 aromatic carbocycles. The summed E-state index contributed by atoms with van der Waals surface area (Å²) in [6.45, 7) is 1.08. The third-order valence-corrected chi connectivity index (χ3v) is 5.00. The maximum Gasteiger partial charge on any atom is 0.349 e. The van der Waals surface area contributed by atoms with Crippen molar-refractivity contribution in [3.63, 3.8) is 0 Å². The number of carbonyl (C=O) groups is 1. The number of benzene rings is 2. The molecule has 0 aliphatic rings. The number of rotatable bonds is 8. The highest BCUT2D eigenvalue weighted by atomic mass is 19.1. The van der Waals surface area contributed by atoms with Crippen LogP contribution >= 0.6 is 0 Å². The largest absolute Gasteiger partial charge is 0.497 e. The van der Waals surface area contributed by atoms with E-state index in [9.17, 15) is 4.79 Å². The Balaban J connectivity index is 0.000000934. The summed E-state index contributed by atoms with van der Waals surface area (Å²) in [4.78, 5) is 24.3. The minimum atomic E-state index is -0.960. The van der Waals surface area contributed by atoms with Gasteiger partial charge >= 0.3 is 5.69 Å². The third-order valence-electron chi connectivity index (χ3n) is 5.00. The van der Waals surface area contributed by atoms with Crippen molar-refractivity contribution in [3.8, 4) is 17.3 Å². The number of aromatic amines is 1. The number of methoxy groups -OCH3 is 2. The van der Waals surface area contributed by atoms with Gasteiger partial charge in [0.15, 0.2) is 23.2 Å². The lowest BCUT2D eigenvalue weighted by Gasteiger charge is -2.20. The molecule has 4 aromatic rings. The quantitative estimate of drug-likeness (QED) is 0.168. The molecule has 14 heteroatoms. The molecule has 0 spiro atoms. The summed E-state index contributed by atoms with van der Waals surface area (Å²) >= 11 is 0. The van der Waals surface area contributed by atoms with Gasteiger partial charge in [-0.1, -0.05) is 0 Å².